The van der Waals surface area contributed by atoms with Gasteiger partial charge in [0, 0.05) is 19.8 Å². The van der Waals surface area contributed by atoms with Crippen molar-refractivity contribution in [1.82, 2.24) is 0 Å². The molecule has 3 nitrogen and oxygen atoms in total. The molecule has 0 amide bonds. The molecule has 0 saturated heterocycles. The minimum absolute atomic E-state index is 0.291. The molecular weight excluding hydrogens is 214 g/mol. The summed E-state index contributed by atoms with van der Waals surface area (Å²) in [7, 11) is 4.00. The van der Waals surface area contributed by atoms with Crippen LogP contribution in [0, 0.1) is 0 Å². The van der Waals surface area contributed by atoms with E-state index in [1.54, 1.807) is 0 Å². The van der Waals surface area contributed by atoms with Gasteiger partial charge in [0.15, 0.2) is 5.75 Å². The Kier molecular flexibility index (Phi) is 6.66. The predicted molar refractivity (Wildman–Crippen MR) is 73.6 cm³/mol. The zero-order valence-corrected chi connectivity index (χ0v) is 12.1. The molecule has 0 unspecified atom stereocenters. The first-order valence-corrected chi connectivity index (χ1v) is 6.01. The molecular formula is C14H25NO2. The third-order valence-corrected chi connectivity index (χ3v) is 1.74. The van der Waals surface area contributed by atoms with E-state index in [1.807, 2.05) is 77.9 Å². The van der Waals surface area contributed by atoms with Crippen LogP contribution in [0.4, 0.5) is 5.69 Å². The molecule has 1 aromatic rings. The van der Waals surface area contributed by atoms with Gasteiger partial charge in [-0.25, -0.2) is 0 Å². The predicted octanol–water partition coefficient (Wildman–Crippen LogP) is 3.89. The van der Waals surface area contributed by atoms with Crippen molar-refractivity contribution in [2.45, 2.75) is 40.2 Å². The molecule has 0 radical (unpaired) electrons. The lowest BCUT2D eigenvalue weighted by molar-refractivity contribution is -0.274. The molecule has 0 aliphatic heterocycles. The summed E-state index contributed by atoms with van der Waals surface area (Å²) in [6.07, 6.45) is 0. The second-order valence-electron chi connectivity index (χ2n) is 4.67. The van der Waals surface area contributed by atoms with Gasteiger partial charge in [-0.2, -0.15) is 4.89 Å². The largest absolute Gasteiger partial charge is 0.378 e. The van der Waals surface area contributed by atoms with E-state index in [4.69, 9.17) is 9.78 Å². The van der Waals surface area contributed by atoms with Crippen molar-refractivity contribution in [3.05, 3.63) is 24.3 Å². The summed E-state index contributed by atoms with van der Waals surface area (Å²) in [5, 5.41) is 0. The summed E-state index contributed by atoms with van der Waals surface area (Å²) < 4.78 is 0. The Bertz CT molecular complexity index is 299. The Hall–Kier alpha value is -1.22. The fourth-order valence-electron chi connectivity index (χ4n) is 0.973. The van der Waals surface area contributed by atoms with E-state index in [0.29, 0.717) is 0 Å². The Morgan fingerprint density at radius 3 is 1.76 bits per heavy atom. The second-order valence-corrected chi connectivity index (χ2v) is 4.67. The minimum Gasteiger partial charge on any atom is -0.378 e. The molecule has 0 aromatic heterocycles. The van der Waals surface area contributed by atoms with Crippen molar-refractivity contribution in [2.24, 2.45) is 0 Å². The van der Waals surface area contributed by atoms with E-state index in [1.165, 1.54) is 0 Å². The first kappa shape index (κ1) is 15.8. The highest BCUT2D eigenvalue weighted by Gasteiger charge is 2.12. The maximum atomic E-state index is 5.20. The molecule has 98 valence electrons. The van der Waals surface area contributed by atoms with Gasteiger partial charge in [-0.15, -0.1) is 0 Å². The number of nitrogens with zero attached hydrogens (tertiary/aromatic N) is 1. The first-order chi connectivity index (χ1) is 7.88. The highest BCUT2D eigenvalue weighted by Crippen LogP contribution is 2.19. The van der Waals surface area contributed by atoms with Crippen LogP contribution in [0.3, 0.4) is 0 Å². The van der Waals surface area contributed by atoms with Crippen molar-refractivity contribution in [1.29, 1.82) is 0 Å². The van der Waals surface area contributed by atoms with Crippen molar-refractivity contribution >= 4 is 5.69 Å². The summed E-state index contributed by atoms with van der Waals surface area (Å²) in [5.74, 6) is 0.718. The maximum Gasteiger partial charge on any atom is 0.165 e. The zero-order chi connectivity index (χ0) is 13.5. The van der Waals surface area contributed by atoms with Crippen molar-refractivity contribution in [3.8, 4) is 5.75 Å². The van der Waals surface area contributed by atoms with Crippen molar-refractivity contribution in [2.75, 3.05) is 19.0 Å². The van der Waals surface area contributed by atoms with Crippen LogP contribution in [-0.2, 0) is 4.89 Å². The lowest BCUT2D eigenvalue weighted by Crippen LogP contribution is -2.21. The van der Waals surface area contributed by atoms with E-state index in [0.717, 1.165) is 11.4 Å². The third-order valence-electron chi connectivity index (χ3n) is 1.74. The minimum atomic E-state index is -0.291. The molecule has 1 aromatic carbocycles. The van der Waals surface area contributed by atoms with E-state index in [9.17, 15) is 0 Å². The first-order valence-electron chi connectivity index (χ1n) is 6.01. The number of rotatable bonds is 3. The van der Waals surface area contributed by atoms with E-state index in [-0.39, 0.29) is 5.60 Å². The number of benzene rings is 1. The summed E-state index contributed by atoms with van der Waals surface area (Å²) in [6.45, 7) is 9.84. The zero-order valence-electron chi connectivity index (χ0n) is 12.1. The van der Waals surface area contributed by atoms with E-state index >= 15 is 0 Å². The summed E-state index contributed by atoms with van der Waals surface area (Å²) in [4.78, 5) is 12.4. The van der Waals surface area contributed by atoms with Crippen LogP contribution in [0.1, 0.15) is 34.6 Å². The number of hydrogen-bond donors (Lipinski definition) is 0. The molecule has 0 bridgehead atoms. The standard InChI is InChI=1S/C12H19NO2.C2H6/c1-12(2,3)15-14-11-8-6-10(7-9-11)13(4)5;1-2/h6-9H,1-5H3;1-2H3. The molecule has 0 saturated carbocycles. The highest BCUT2D eigenvalue weighted by atomic mass is 17.2. The molecule has 1 rings (SSSR count). The fourth-order valence-corrected chi connectivity index (χ4v) is 0.973. The molecule has 0 heterocycles. The smallest absolute Gasteiger partial charge is 0.165 e. The van der Waals surface area contributed by atoms with Gasteiger partial charge in [0.1, 0.15) is 5.60 Å². The summed E-state index contributed by atoms with van der Waals surface area (Å²) in [5.41, 5.74) is 0.846. The van der Waals surface area contributed by atoms with Gasteiger partial charge in [0.25, 0.3) is 0 Å². The highest BCUT2D eigenvalue weighted by molar-refractivity contribution is 5.47. The quantitative estimate of drug-likeness (QED) is 0.590. The average Bonchev–Trinajstić information content (AvgIpc) is 2.29. The van der Waals surface area contributed by atoms with Gasteiger partial charge < -0.3 is 9.79 Å². The monoisotopic (exact) mass is 239 g/mol. The lowest BCUT2D eigenvalue weighted by Gasteiger charge is -2.18. The summed E-state index contributed by atoms with van der Waals surface area (Å²) >= 11 is 0. The topological polar surface area (TPSA) is 21.7 Å². The SMILES string of the molecule is CC.CN(C)c1ccc(OOC(C)(C)C)cc1. The van der Waals surface area contributed by atoms with Crippen LogP contribution in [0.5, 0.6) is 5.75 Å². The number of anilines is 1. The molecule has 3 heteroatoms. The Labute approximate surface area is 105 Å². The molecule has 0 aliphatic rings. The molecule has 0 N–H and O–H groups in total. The Balaban J connectivity index is 0.00000121. The molecule has 0 atom stereocenters. The third kappa shape index (κ3) is 6.84. The average molecular weight is 239 g/mol. The maximum absolute atomic E-state index is 5.20. The molecule has 0 spiro atoms. The van der Waals surface area contributed by atoms with Crippen molar-refractivity contribution < 1.29 is 9.78 Å². The lowest BCUT2D eigenvalue weighted by atomic mass is 10.2. The normalized spacial score (nSPS) is 10.3. The molecule has 17 heavy (non-hydrogen) atoms. The van der Waals surface area contributed by atoms with Gasteiger partial charge >= 0.3 is 0 Å². The van der Waals surface area contributed by atoms with E-state index in [2.05, 4.69) is 0 Å². The van der Waals surface area contributed by atoms with Crippen molar-refractivity contribution in [3.63, 3.8) is 0 Å². The summed E-state index contributed by atoms with van der Waals surface area (Å²) in [6, 6.07) is 7.75. The van der Waals surface area contributed by atoms with Gasteiger partial charge in [-0.05, 0) is 45.0 Å². The van der Waals surface area contributed by atoms with Gasteiger partial charge in [0.2, 0.25) is 0 Å². The van der Waals surface area contributed by atoms with Crippen LogP contribution < -0.4 is 9.79 Å². The van der Waals surface area contributed by atoms with Crippen LogP contribution in [0.15, 0.2) is 24.3 Å². The number of hydrogen-bond acceptors (Lipinski definition) is 3. The van der Waals surface area contributed by atoms with Crippen LogP contribution in [-0.4, -0.2) is 19.7 Å². The van der Waals surface area contributed by atoms with E-state index < -0.39 is 0 Å². The van der Waals surface area contributed by atoms with Gasteiger partial charge in [-0.3, -0.25) is 0 Å². The Morgan fingerprint density at radius 2 is 1.41 bits per heavy atom. The van der Waals surface area contributed by atoms with Crippen LogP contribution >= 0.6 is 0 Å². The van der Waals surface area contributed by atoms with Crippen LogP contribution in [0.25, 0.3) is 0 Å². The fraction of sp³-hybridized carbons (Fsp3) is 0.571. The van der Waals surface area contributed by atoms with Gasteiger partial charge in [0.05, 0.1) is 0 Å². The Morgan fingerprint density at radius 1 is 0.941 bits per heavy atom. The molecule has 0 fully saturated rings. The second kappa shape index (κ2) is 7.17. The molecule has 0 aliphatic carbocycles. The van der Waals surface area contributed by atoms with Gasteiger partial charge in [-0.1, -0.05) is 13.8 Å². The van der Waals surface area contributed by atoms with Crippen LogP contribution in [0.2, 0.25) is 0 Å².